The third kappa shape index (κ3) is 9.43. The molecule has 3 heteroatoms. The normalized spacial score (nSPS) is 17.8. The zero-order valence-corrected chi connectivity index (χ0v) is 33.1. The van der Waals surface area contributed by atoms with Crippen LogP contribution in [0.5, 0.6) is 0 Å². The van der Waals surface area contributed by atoms with Crippen molar-refractivity contribution in [1.29, 1.82) is 0 Å². The van der Waals surface area contributed by atoms with Crippen molar-refractivity contribution < 1.29 is 17.1 Å². The minimum absolute atomic E-state index is 0. The van der Waals surface area contributed by atoms with Crippen molar-refractivity contribution in [1.82, 2.24) is 0 Å². The molecule has 3 atom stereocenters. The van der Waals surface area contributed by atoms with Crippen LogP contribution in [0.4, 0.5) is 0 Å². The predicted octanol–water partition coefficient (Wildman–Crippen LogP) is 11.0. The summed E-state index contributed by atoms with van der Waals surface area (Å²) in [7, 11) is -1.15. The molecule has 0 saturated heterocycles. The van der Waals surface area contributed by atoms with Crippen LogP contribution in [0.15, 0.2) is 121 Å². The molecule has 0 aliphatic heterocycles. The van der Waals surface area contributed by atoms with Crippen LogP contribution < -0.4 is 26.5 Å². The van der Waals surface area contributed by atoms with E-state index < -0.39 is 15.8 Å². The van der Waals surface area contributed by atoms with Crippen molar-refractivity contribution in [2.45, 2.75) is 97.6 Å². The molecule has 0 N–H and O–H groups in total. The van der Waals surface area contributed by atoms with Gasteiger partial charge >= 0.3 is 0 Å². The largest absolute Gasteiger partial charge is 0.0622 e. The Hall–Kier alpha value is -2.52. The first-order chi connectivity index (χ1) is 23.4. The van der Waals surface area contributed by atoms with Gasteiger partial charge in [-0.15, -0.1) is 0 Å². The average Bonchev–Trinajstić information content (AvgIpc) is 3.82. The maximum Gasteiger partial charge on any atom is 0 e. The number of aryl methyl sites for hydroxylation is 4. The van der Waals surface area contributed by atoms with E-state index in [0.717, 1.165) is 0 Å². The van der Waals surface area contributed by atoms with E-state index in [-0.39, 0.29) is 17.1 Å². The summed E-state index contributed by atoms with van der Waals surface area (Å²) in [6.45, 7) is 11.6. The van der Waals surface area contributed by atoms with Crippen molar-refractivity contribution in [3.05, 3.63) is 149 Å². The summed E-state index contributed by atoms with van der Waals surface area (Å²) in [6.07, 6.45) is 11.4. The average molecular weight is 725 g/mol. The van der Waals surface area contributed by atoms with Gasteiger partial charge in [0.1, 0.15) is 0 Å². The van der Waals surface area contributed by atoms with Gasteiger partial charge in [-0.1, -0.05) is 189 Å². The first-order valence-electron chi connectivity index (χ1n) is 18.3. The molecule has 5 aromatic carbocycles. The number of rotatable bonds is 8. The molecule has 49 heavy (non-hydrogen) atoms. The molecule has 0 radical (unpaired) electrons. The third-order valence-electron chi connectivity index (χ3n) is 10.4. The molecule has 0 aromatic heterocycles. The Kier molecular flexibility index (Phi) is 13.9. The van der Waals surface area contributed by atoms with E-state index in [1.807, 2.05) is 0 Å². The third-order valence-corrected chi connectivity index (χ3v) is 15.8. The Morgan fingerprint density at radius 2 is 0.918 bits per heavy atom. The number of hydrogen-bond acceptors (Lipinski definition) is 0. The van der Waals surface area contributed by atoms with Crippen molar-refractivity contribution in [2.75, 3.05) is 0 Å². The molecule has 256 valence electrons. The number of benzene rings is 5. The molecule has 2 fully saturated rings. The van der Waals surface area contributed by atoms with Crippen LogP contribution in [0.2, 0.25) is 0 Å². The van der Waals surface area contributed by atoms with Crippen LogP contribution in [-0.4, -0.2) is 5.66 Å². The van der Waals surface area contributed by atoms with Crippen LogP contribution in [0, 0.1) is 33.6 Å². The Labute approximate surface area is 310 Å². The Morgan fingerprint density at radius 3 is 1.39 bits per heavy atom. The van der Waals surface area contributed by atoms with Gasteiger partial charge < -0.3 is 0 Å². The van der Waals surface area contributed by atoms with Gasteiger partial charge in [0, 0.05) is 17.1 Å². The fraction of sp³-hybridized carbons (Fsp3) is 0.348. The summed E-state index contributed by atoms with van der Waals surface area (Å²) in [5.41, 5.74) is 7.68. The topological polar surface area (TPSA) is 0 Å². The molecule has 0 amide bonds. The minimum atomic E-state index is -0.636. The molecule has 0 nitrogen and oxygen atoms in total. The van der Waals surface area contributed by atoms with Crippen LogP contribution in [0.3, 0.4) is 0 Å². The van der Waals surface area contributed by atoms with Crippen LogP contribution in [0.1, 0.15) is 92.0 Å². The van der Waals surface area contributed by atoms with E-state index >= 15 is 0 Å². The summed E-state index contributed by atoms with van der Waals surface area (Å²) in [4.78, 5) is 0. The van der Waals surface area contributed by atoms with Gasteiger partial charge in [0.25, 0.3) is 0 Å². The molecule has 0 bridgehead atoms. The fourth-order valence-corrected chi connectivity index (χ4v) is 14.3. The molecular weight excluding hydrogens is 670 g/mol. The van der Waals surface area contributed by atoms with Crippen molar-refractivity contribution in [3.63, 3.8) is 0 Å². The summed E-state index contributed by atoms with van der Waals surface area (Å²) in [5.74, 6) is 1.22. The molecular formula is C46H54FeP2. The van der Waals surface area contributed by atoms with E-state index in [1.165, 1.54) is 84.2 Å². The van der Waals surface area contributed by atoms with E-state index in [1.54, 1.807) is 21.5 Å². The van der Waals surface area contributed by atoms with Gasteiger partial charge in [-0.3, -0.25) is 0 Å². The smallest absolute Gasteiger partial charge is 0 e. The predicted molar refractivity (Wildman–Crippen MR) is 216 cm³/mol. The second kappa shape index (κ2) is 18.1. The molecule has 7 rings (SSSR count). The molecule has 2 aliphatic rings. The molecule has 2 aliphatic carbocycles. The monoisotopic (exact) mass is 724 g/mol. The van der Waals surface area contributed by atoms with Gasteiger partial charge in [0.2, 0.25) is 0 Å². The summed E-state index contributed by atoms with van der Waals surface area (Å²) < 4.78 is 0. The zero-order valence-electron chi connectivity index (χ0n) is 30.2. The first-order valence-corrected chi connectivity index (χ1v) is 21.1. The molecule has 0 heterocycles. The molecule has 5 aromatic rings. The Bertz CT molecular complexity index is 1620. The van der Waals surface area contributed by atoms with E-state index in [4.69, 9.17) is 0 Å². The summed E-state index contributed by atoms with van der Waals surface area (Å²) in [5, 5.41) is 7.50. The van der Waals surface area contributed by atoms with Gasteiger partial charge in [-0.05, 0) is 106 Å². The van der Waals surface area contributed by atoms with Crippen molar-refractivity contribution in [2.24, 2.45) is 5.92 Å². The number of hydrogen-bond donors (Lipinski definition) is 0. The van der Waals surface area contributed by atoms with Crippen LogP contribution >= 0.6 is 15.8 Å². The maximum absolute atomic E-state index is 2.59. The van der Waals surface area contributed by atoms with E-state index in [0.29, 0.717) is 17.5 Å². The second-order valence-electron chi connectivity index (χ2n) is 14.3. The van der Waals surface area contributed by atoms with Crippen molar-refractivity contribution >= 4 is 42.4 Å². The fourth-order valence-electron chi connectivity index (χ4n) is 8.41. The van der Waals surface area contributed by atoms with E-state index in [9.17, 15) is 0 Å². The van der Waals surface area contributed by atoms with Crippen LogP contribution in [-0.2, 0) is 17.1 Å². The quantitative estimate of drug-likeness (QED) is 0.110. The molecule has 0 spiro atoms. The maximum atomic E-state index is 2.59. The Balaban J connectivity index is 0.000000717. The molecule has 2 saturated carbocycles. The zero-order chi connectivity index (χ0) is 33.5. The minimum Gasteiger partial charge on any atom is -0.0622 e. The van der Waals surface area contributed by atoms with E-state index in [2.05, 4.69) is 156 Å². The van der Waals surface area contributed by atoms with Crippen LogP contribution in [0.25, 0.3) is 0 Å². The van der Waals surface area contributed by atoms with Gasteiger partial charge in [0.15, 0.2) is 0 Å². The molecule has 2 unspecified atom stereocenters. The standard InChI is InChI=1S/C41H44P2.C5H10.Fe/c1-29-23-30(2)26-36(25-29)42(37-27-31(3)24-32(4)28-37)33(5)38-20-14-21-39(38)40-19-12-13-22-41(40)43(34-15-8-6-9-16-34)35-17-10-7-11-18-35;1-2-4-5-3-1;/h6-13,15-19,22-28,33,38-39H,14,20-21H2,1-5H3;1-5H2;/t33-,38?,39?;;/m1../s1. The van der Waals surface area contributed by atoms with Crippen molar-refractivity contribution in [3.8, 4) is 0 Å². The van der Waals surface area contributed by atoms with Gasteiger partial charge in [-0.25, -0.2) is 0 Å². The van der Waals surface area contributed by atoms with Gasteiger partial charge in [-0.2, -0.15) is 0 Å². The summed E-state index contributed by atoms with van der Waals surface area (Å²) in [6, 6.07) is 46.5. The first kappa shape index (κ1) is 37.7. The SMILES string of the molecule is C1CCCC1.Cc1cc(C)cc(P(c2cc(C)cc(C)c2)[C@H](C)C2CCCC2c2ccccc2P(c2ccccc2)c2ccccc2)c1.[Fe]. The van der Waals surface area contributed by atoms with Gasteiger partial charge in [0.05, 0.1) is 0 Å². The second-order valence-corrected chi connectivity index (χ2v) is 19.1. The Morgan fingerprint density at radius 1 is 0.490 bits per heavy atom. The summed E-state index contributed by atoms with van der Waals surface area (Å²) >= 11 is 0.